The molecule has 0 saturated carbocycles. The lowest BCUT2D eigenvalue weighted by Crippen LogP contribution is -2.31. The highest BCUT2D eigenvalue weighted by Crippen LogP contribution is 2.22. The molecule has 0 aliphatic carbocycles. The number of hydrogen-bond donors (Lipinski definition) is 0. The van der Waals surface area contributed by atoms with Crippen molar-refractivity contribution < 1.29 is 18.8 Å². The Labute approximate surface area is 180 Å². The van der Waals surface area contributed by atoms with Crippen LogP contribution in [-0.4, -0.2) is 34.3 Å². The quantitative estimate of drug-likeness (QED) is 0.241. The Balaban J connectivity index is 0. The zero-order valence-electron chi connectivity index (χ0n) is 20.0. The van der Waals surface area contributed by atoms with Gasteiger partial charge < -0.3 is 14.0 Å². The zero-order chi connectivity index (χ0) is 22.9. The van der Waals surface area contributed by atoms with E-state index in [1.807, 2.05) is 34.5 Å². The Morgan fingerprint density at radius 2 is 1.66 bits per heavy atom. The van der Waals surface area contributed by atoms with Gasteiger partial charge in [-0.2, -0.15) is 0 Å². The molecule has 1 aromatic carbocycles. The number of esters is 1. The predicted octanol–water partition coefficient (Wildman–Crippen LogP) is 6.61. The maximum absolute atomic E-state index is 11.7. The highest BCUT2D eigenvalue weighted by molar-refractivity contribution is 6.71. The summed E-state index contributed by atoms with van der Waals surface area (Å²) < 4.78 is 11.0. The van der Waals surface area contributed by atoms with Gasteiger partial charge in [-0.3, -0.25) is 4.79 Å². The number of ether oxygens (including phenoxy) is 1. The van der Waals surface area contributed by atoms with Gasteiger partial charge in [-0.05, 0) is 70.7 Å². The third-order valence-corrected chi connectivity index (χ3v) is 7.74. The number of benzene rings is 1. The predicted molar refractivity (Wildman–Crippen MR) is 126 cm³/mol. The minimum absolute atomic E-state index is 0.0871. The van der Waals surface area contributed by atoms with Gasteiger partial charge in [-0.15, -0.1) is 0 Å². The summed E-state index contributed by atoms with van der Waals surface area (Å²) in [5.41, 5.74) is 1.09. The van der Waals surface area contributed by atoms with Crippen molar-refractivity contribution >= 4 is 21.1 Å². The van der Waals surface area contributed by atoms with E-state index >= 15 is 0 Å². The van der Waals surface area contributed by atoms with Crippen molar-refractivity contribution in [3.8, 4) is 0 Å². The van der Waals surface area contributed by atoms with E-state index in [0.29, 0.717) is 12.5 Å². The van der Waals surface area contributed by atoms with E-state index in [0.717, 1.165) is 25.5 Å². The molecule has 0 saturated heterocycles. The monoisotopic (exact) mass is 424 g/mol. The van der Waals surface area contributed by atoms with Crippen LogP contribution in [0.5, 0.6) is 0 Å². The maximum atomic E-state index is 11.7. The van der Waals surface area contributed by atoms with Crippen molar-refractivity contribution in [2.24, 2.45) is 5.41 Å². The van der Waals surface area contributed by atoms with Crippen molar-refractivity contribution in [2.75, 3.05) is 13.2 Å². The molecule has 0 bridgehead atoms. The molecule has 4 nitrogen and oxygen atoms in total. The second kappa shape index (κ2) is 16.3. The standard InChI is InChI=1S/C13H28O3Si.C10H14.CH2O/c1-7-13(3,4)12(14)15-10-9-11-17(5,6)16-8-2;1-3-9(2)10-7-5-4-6-8-10;1-2/h7-11H2,1-6H3;4-9H,3H2,1-2H3;1H2. The number of carbonyl (C=O) groups excluding carboxylic acids is 2. The van der Waals surface area contributed by atoms with Gasteiger partial charge in [0.05, 0.1) is 12.0 Å². The molecule has 29 heavy (non-hydrogen) atoms. The van der Waals surface area contributed by atoms with Crippen LogP contribution in [0.25, 0.3) is 0 Å². The van der Waals surface area contributed by atoms with E-state index in [2.05, 4.69) is 57.3 Å². The molecule has 1 rings (SSSR count). The zero-order valence-corrected chi connectivity index (χ0v) is 21.0. The summed E-state index contributed by atoms with van der Waals surface area (Å²) in [5, 5.41) is 0. The minimum atomic E-state index is -1.52. The average molecular weight is 425 g/mol. The lowest BCUT2D eigenvalue weighted by molar-refractivity contribution is -0.154. The Bertz CT molecular complexity index is 529. The summed E-state index contributed by atoms with van der Waals surface area (Å²) in [6.07, 6.45) is 2.94. The van der Waals surface area contributed by atoms with Crippen molar-refractivity contribution in [1.29, 1.82) is 0 Å². The summed E-state index contributed by atoms with van der Waals surface area (Å²) >= 11 is 0. The lowest BCUT2D eigenvalue weighted by Gasteiger charge is -2.23. The van der Waals surface area contributed by atoms with E-state index in [-0.39, 0.29) is 11.4 Å². The van der Waals surface area contributed by atoms with Crippen LogP contribution >= 0.6 is 0 Å². The highest BCUT2D eigenvalue weighted by atomic mass is 28.4. The van der Waals surface area contributed by atoms with Crippen molar-refractivity contribution in [1.82, 2.24) is 0 Å². The van der Waals surface area contributed by atoms with Gasteiger partial charge in [-0.25, -0.2) is 0 Å². The molecular weight excluding hydrogens is 380 g/mol. The van der Waals surface area contributed by atoms with Crippen LogP contribution in [0.3, 0.4) is 0 Å². The summed E-state index contributed by atoms with van der Waals surface area (Å²) in [7, 11) is -1.52. The smallest absolute Gasteiger partial charge is 0.311 e. The normalized spacial score (nSPS) is 12.0. The molecule has 0 aliphatic rings. The first-order valence-corrected chi connectivity index (χ1v) is 13.9. The van der Waals surface area contributed by atoms with Crippen molar-refractivity contribution in [3.05, 3.63) is 35.9 Å². The van der Waals surface area contributed by atoms with Gasteiger partial charge in [0.2, 0.25) is 0 Å². The SMILES string of the molecule is C=O.CCC(C)c1ccccc1.CCO[Si](C)(C)CCCOC(=O)C(C)(C)CC. The van der Waals surface area contributed by atoms with Crippen LogP contribution < -0.4 is 0 Å². The van der Waals surface area contributed by atoms with E-state index in [9.17, 15) is 4.79 Å². The fourth-order valence-electron chi connectivity index (χ4n) is 2.48. The molecule has 0 N–H and O–H groups in total. The van der Waals surface area contributed by atoms with Crippen molar-refractivity contribution in [2.45, 2.75) is 85.9 Å². The Morgan fingerprint density at radius 3 is 2.10 bits per heavy atom. The maximum Gasteiger partial charge on any atom is 0.311 e. The summed E-state index contributed by atoms with van der Waals surface area (Å²) in [4.78, 5) is 19.7. The van der Waals surface area contributed by atoms with Gasteiger partial charge in [-0.1, -0.05) is 51.1 Å². The van der Waals surface area contributed by atoms with Gasteiger partial charge >= 0.3 is 5.97 Å². The number of hydrogen-bond acceptors (Lipinski definition) is 4. The number of rotatable bonds is 10. The van der Waals surface area contributed by atoms with Gasteiger partial charge in [0.1, 0.15) is 6.79 Å². The molecule has 0 spiro atoms. The largest absolute Gasteiger partial charge is 0.465 e. The summed E-state index contributed by atoms with van der Waals surface area (Å²) in [6, 6.07) is 11.7. The third-order valence-electron chi connectivity index (χ3n) is 5.11. The second-order valence-corrected chi connectivity index (χ2v) is 12.7. The van der Waals surface area contributed by atoms with Gasteiger partial charge in [0.15, 0.2) is 8.32 Å². The van der Waals surface area contributed by atoms with Crippen LogP contribution in [0.2, 0.25) is 19.1 Å². The molecule has 0 amide bonds. The van der Waals surface area contributed by atoms with E-state index < -0.39 is 8.32 Å². The molecule has 0 aromatic heterocycles. The molecule has 1 unspecified atom stereocenters. The van der Waals surface area contributed by atoms with E-state index in [4.69, 9.17) is 14.0 Å². The molecule has 0 heterocycles. The molecule has 5 heteroatoms. The van der Waals surface area contributed by atoms with Gasteiger partial charge in [0.25, 0.3) is 0 Å². The van der Waals surface area contributed by atoms with Crippen molar-refractivity contribution in [3.63, 3.8) is 0 Å². The molecule has 168 valence electrons. The minimum Gasteiger partial charge on any atom is -0.465 e. The second-order valence-electron chi connectivity index (χ2n) is 8.39. The lowest BCUT2D eigenvalue weighted by atomic mass is 9.91. The molecule has 0 radical (unpaired) electrons. The van der Waals surface area contributed by atoms with Crippen LogP contribution in [0.15, 0.2) is 30.3 Å². The Morgan fingerprint density at radius 1 is 1.10 bits per heavy atom. The summed E-state index contributed by atoms with van der Waals surface area (Å²) in [6.45, 7) is 20.1. The fourth-order valence-corrected chi connectivity index (χ4v) is 4.40. The number of carbonyl (C=O) groups is 2. The van der Waals surface area contributed by atoms with E-state index in [1.54, 1.807) is 0 Å². The molecule has 0 fully saturated rings. The fraction of sp³-hybridized carbons (Fsp3) is 0.667. The Kier molecular flexibility index (Phi) is 16.8. The third kappa shape index (κ3) is 14.2. The van der Waals surface area contributed by atoms with E-state index in [1.165, 1.54) is 12.0 Å². The van der Waals surface area contributed by atoms with Crippen LogP contribution in [-0.2, 0) is 18.8 Å². The average Bonchev–Trinajstić information content (AvgIpc) is 2.73. The topological polar surface area (TPSA) is 52.6 Å². The molecule has 0 aliphatic heterocycles. The first-order chi connectivity index (χ1) is 13.6. The van der Waals surface area contributed by atoms with Gasteiger partial charge in [0, 0.05) is 6.61 Å². The Hall–Kier alpha value is -1.46. The first-order valence-electron chi connectivity index (χ1n) is 10.7. The van der Waals surface area contributed by atoms with Crippen LogP contribution in [0.4, 0.5) is 0 Å². The summed E-state index contributed by atoms with van der Waals surface area (Å²) in [5.74, 6) is 0.622. The first kappa shape index (κ1) is 29.7. The molecular formula is C24H44O4Si. The van der Waals surface area contributed by atoms with Crippen LogP contribution in [0.1, 0.15) is 72.3 Å². The molecule has 1 atom stereocenters. The molecule has 1 aromatic rings. The highest BCUT2D eigenvalue weighted by Gasteiger charge is 2.27. The van der Waals surface area contributed by atoms with Crippen LogP contribution in [0, 0.1) is 5.41 Å².